The molecule has 0 aliphatic carbocycles. The lowest BCUT2D eigenvalue weighted by atomic mass is 10.2. The van der Waals surface area contributed by atoms with E-state index < -0.39 is 5.97 Å². The van der Waals surface area contributed by atoms with Crippen molar-refractivity contribution in [3.8, 4) is 11.5 Å². The van der Waals surface area contributed by atoms with Gasteiger partial charge in [0, 0.05) is 15.5 Å². The number of rotatable bonds is 3. The summed E-state index contributed by atoms with van der Waals surface area (Å²) in [6.07, 6.45) is 0. The number of fused-ring (bicyclic) bond motifs is 1. The molecule has 0 fully saturated rings. The molecule has 3 rings (SSSR count). The van der Waals surface area contributed by atoms with Gasteiger partial charge in [-0.25, -0.2) is 4.79 Å². The third kappa shape index (κ3) is 2.90. The highest BCUT2D eigenvalue weighted by molar-refractivity contribution is 7.99. The Morgan fingerprint density at radius 2 is 1.71 bits per heavy atom. The maximum atomic E-state index is 11.1. The highest BCUT2D eigenvalue weighted by Gasteiger charge is 2.13. The molecule has 1 aliphatic heterocycles. The van der Waals surface area contributed by atoms with Crippen LogP contribution in [0.3, 0.4) is 0 Å². The molecule has 6 heteroatoms. The molecule has 0 unspecified atom stereocenters. The molecule has 0 aromatic heterocycles. The monoisotopic (exact) mass is 303 g/mol. The molecular weight excluding hydrogens is 290 g/mol. The molecule has 5 nitrogen and oxygen atoms in total. The molecule has 0 radical (unpaired) electrons. The maximum Gasteiger partial charge on any atom is 0.337 e. The van der Waals surface area contributed by atoms with Crippen LogP contribution in [0.4, 0.5) is 5.69 Å². The zero-order valence-electron chi connectivity index (χ0n) is 11.0. The Bertz CT molecular complexity index is 702. The normalized spacial score (nSPS) is 13.0. The lowest BCUT2D eigenvalue weighted by molar-refractivity contribution is 0.0698. The van der Waals surface area contributed by atoms with Crippen molar-refractivity contribution < 1.29 is 19.4 Å². The Morgan fingerprint density at radius 1 is 1.05 bits per heavy atom. The van der Waals surface area contributed by atoms with Gasteiger partial charge in [-0.15, -0.1) is 0 Å². The lowest BCUT2D eigenvalue weighted by Crippen LogP contribution is -2.15. The predicted molar refractivity (Wildman–Crippen MR) is 79.4 cm³/mol. The van der Waals surface area contributed by atoms with Gasteiger partial charge in [0.15, 0.2) is 11.5 Å². The van der Waals surface area contributed by atoms with Gasteiger partial charge in [0.2, 0.25) is 0 Å². The number of hydrogen-bond acceptors (Lipinski definition) is 5. The molecule has 0 bridgehead atoms. The minimum absolute atomic E-state index is 0.109. The minimum atomic E-state index is -1.03. The quantitative estimate of drug-likeness (QED) is 0.849. The fourth-order valence-electron chi connectivity index (χ4n) is 2.01. The zero-order valence-corrected chi connectivity index (χ0v) is 11.9. The van der Waals surface area contributed by atoms with E-state index in [0.717, 1.165) is 15.5 Å². The Morgan fingerprint density at radius 3 is 2.48 bits per heavy atom. The number of nitrogens with two attached hydrogens (primary N) is 1. The van der Waals surface area contributed by atoms with E-state index in [1.54, 1.807) is 18.2 Å². The van der Waals surface area contributed by atoms with Crippen molar-refractivity contribution >= 4 is 23.4 Å². The second-order valence-corrected chi connectivity index (χ2v) is 5.61. The van der Waals surface area contributed by atoms with Gasteiger partial charge >= 0.3 is 5.97 Å². The molecule has 0 atom stereocenters. The second kappa shape index (κ2) is 5.57. The molecule has 21 heavy (non-hydrogen) atoms. The molecular formula is C15H13NO4S. The number of carboxylic acids is 1. The summed E-state index contributed by atoms with van der Waals surface area (Å²) in [6, 6.07) is 10.6. The van der Waals surface area contributed by atoms with Crippen molar-refractivity contribution in [3.63, 3.8) is 0 Å². The lowest BCUT2D eigenvalue weighted by Gasteiger charge is -2.18. The standard InChI is InChI=1S/C15H13NO4S/c16-12-3-1-9(7-11(12)15(17)18)21-10-2-4-13-14(8-10)20-6-5-19-13/h1-4,7-8H,5-6,16H2,(H,17,18). The van der Waals surface area contributed by atoms with Gasteiger partial charge in [0.05, 0.1) is 5.56 Å². The molecule has 0 amide bonds. The molecule has 0 spiro atoms. The van der Waals surface area contributed by atoms with E-state index >= 15 is 0 Å². The molecule has 108 valence electrons. The molecule has 1 aliphatic rings. The van der Waals surface area contributed by atoms with Gasteiger partial charge in [-0.3, -0.25) is 0 Å². The Hall–Kier alpha value is -2.34. The van der Waals surface area contributed by atoms with Crippen molar-refractivity contribution in [1.82, 2.24) is 0 Å². The smallest absolute Gasteiger partial charge is 0.337 e. The SMILES string of the molecule is Nc1ccc(Sc2ccc3c(c2)OCCO3)cc1C(=O)O. The van der Waals surface area contributed by atoms with E-state index in [4.69, 9.17) is 20.3 Å². The Kier molecular flexibility index (Phi) is 3.62. The number of carboxylic acid groups (broad SMARTS) is 1. The summed E-state index contributed by atoms with van der Waals surface area (Å²) < 4.78 is 11.0. The summed E-state index contributed by atoms with van der Waals surface area (Å²) in [5.41, 5.74) is 6.02. The van der Waals surface area contributed by atoms with Gasteiger partial charge in [0.1, 0.15) is 13.2 Å². The third-order valence-electron chi connectivity index (χ3n) is 3.00. The van der Waals surface area contributed by atoms with Crippen LogP contribution in [0.5, 0.6) is 11.5 Å². The van der Waals surface area contributed by atoms with Gasteiger partial charge in [-0.2, -0.15) is 0 Å². The van der Waals surface area contributed by atoms with Crippen molar-refractivity contribution in [2.45, 2.75) is 9.79 Å². The number of aromatic carboxylic acids is 1. The molecule has 1 heterocycles. The van der Waals surface area contributed by atoms with Gasteiger partial charge in [0.25, 0.3) is 0 Å². The number of carbonyl (C=O) groups is 1. The highest BCUT2D eigenvalue weighted by Crippen LogP contribution is 2.37. The molecule has 2 aromatic carbocycles. The largest absolute Gasteiger partial charge is 0.486 e. The van der Waals surface area contributed by atoms with E-state index in [-0.39, 0.29) is 11.3 Å². The zero-order chi connectivity index (χ0) is 14.8. The molecule has 2 aromatic rings. The first-order valence-corrected chi connectivity index (χ1v) is 7.15. The Labute approximate surface area is 125 Å². The molecule has 0 saturated heterocycles. The van der Waals surface area contributed by atoms with E-state index in [1.165, 1.54) is 11.8 Å². The number of ether oxygens (including phenoxy) is 2. The van der Waals surface area contributed by atoms with Crippen LogP contribution in [0, 0.1) is 0 Å². The van der Waals surface area contributed by atoms with Crippen molar-refractivity contribution in [2.24, 2.45) is 0 Å². The topological polar surface area (TPSA) is 81.8 Å². The summed E-state index contributed by atoms with van der Waals surface area (Å²) in [4.78, 5) is 12.8. The fourth-order valence-corrected chi connectivity index (χ4v) is 2.89. The second-order valence-electron chi connectivity index (χ2n) is 4.46. The fraction of sp³-hybridized carbons (Fsp3) is 0.133. The van der Waals surface area contributed by atoms with Crippen LogP contribution in [-0.4, -0.2) is 24.3 Å². The van der Waals surface area contributed by atoms with Crippen LogP contribution >= 0.6 is 11.8 Å². The molecule has 0 saturated carbocycles. The van der Waals surface area contributed by atoms with Crippen molar-refractivity contribution in [2.75, 3.05) is 18.9 Å². The first-order chi connectivity index (χ1) is 10.1. The third-order valence-corrected chi connectivity index (χ3v) is 3.98. The highest BCUT2D eigenvalue weighted by atomic mass is 32.2. The van der Waals surface area contributed by atoms with E-state index in [2.05, 4.69) is 0 Å². The number of anilines is 1. The summed E-state index contributed by atoms with van der Waals surface area (Å²) in [7, 11) is 0. The van der Waals surface area contributed by atoms with E-state index in [1.807, 2.05) is 18.2 Å². The first kappa shape index (κ1) is 13.6. The van der Waals surface area contributed by atoms with E-state index in [9.17, 15) is 4.79 Å². The maximum absolute atomic E-state index is 11.1. The van der Waals surface area contributed by atoms with Crippen LogP contribution < -0.4 is 15.2 Å². The molecule has 3 N–H and O–H groups in total. The first-order valence-electron chi connectivity index (χ1n) is 6.34. The van der Waals surface area contributed by atoms with Gasteiger partial charge in [-0.05, 0) is 36.4 Å². The summed E-state index contributed by atoms with van der Waals surface area (Å²) in [5, 5.41) is 9.09. The predicted octanol–water partition coefficient (Wildman–Crippen LogP) is 2.89. The van der Waals surface area contributed by atoms with Crippen LogP contribution in [-0.2, 0) is 0 Å². The number of hydrogen-bond donors (Lipinski definition) is 2. The van der Waals surface area contributed by atoms with Gasteiger partial charge < -0.3 is 20.3 Å². The number of nitrogen functional groups attached to an aromatic ring is 1. The average Bonchev–Trinajstić information content (AvgIpc) is 2.49. The van der Waals surface area contributed by atoms with Crippen molar-refractivity contribution in [1.29, 1.82) is 0 Å². The van der Waals surface area contributed by atoms with Crippen LogP contribution in [0.25, 0.3) is 0 Å². The van der Waals surface area contributed by atoms with Crippen LogP contribution in [0.2, 0.25) is 0 Å². The summed E-state index contributed by atoms with van der Waals surface area (Å²) in [5.74, 6) is 0.409. The van der Waals surface area contributed by atoms with Crippen LogP contribution in [0.15, 0.2) is 46.2 Å². The summed E-state index contributed by atoms with van der Waals surface area (Å²) in [6.45, 7) is 1.09. The average molecular weight is 303 g/mol. The Balaban J connectivity index is 1.86. The van der Waals surface area contributed by atoms with Gasteiger partial charge in [-0.1, -0.05) is 11.8 Å². The van der Waals surface area contributed by atoms with Crippen molar-refractivity contribution in [3.05, 3.63) is 42.0 Å². The minimum Gasteiger partial charge on any atom is -0.486 e. The van der Waals surface area contributed by atoms with E-state index in [0.29, 0.717) is 19.0 Å². The summed E-state index contributed by atoms with van der Waals surface area (Å²) >= 11 is 1.45. The number of benzene rings is 2. The van der Waals surface area contributed by atoms with Crippen LogP contribution in [0.1, 0.15) is 10.4 Å².